The van der Waals surface area contributed by atoms with Crippen molar-refractivity contribution in [2.24, 2.45) is 0 Å². The molecule has 0 aromatic heterocycles. The Morgan fingerprint density at radius 3 is 2.00 bits per heavy atom. The van der Waals surface area contributed by atoms with Crippen molar-refractivity contribution in [2.45, 2.75) is 57.1 Å². The van der Waals surface area contributed by atoms with Crippen LogP contribution in [0.2, 0.25) is 0 Å². The molecule has 0 N–H and O–H groups in total. The van der Waals surface area contributed by atoms with E-state index in [0.29, 0.717) is 0 Å². The maximum absolute atomic E-state index is 11.9. The Kier molecular flexibility index (Phi) is 8.84. The third-order valence-electron chi connectivity index (χ3n) is 4.59. The van der Waals surface area contributed by atoms with Crippen molar-refractivity contribution in [3.63, 3.8) is 0 Å². The van der Waals surface area contributed by atoms with Crippen LogP contribution in [-0.4, -0.2) is 116 Å². The molecule has 0 aromatic carbocycles. The molecule has 0 aliphatic carbocycles. The van der Waals surface area contributed by atoms with Gasteiger partial charge >= 0.3 is 187 Å². The molecule has 0 aromatic rings. The fraction of sp³-hybridized carbons (Fsp3) is 0.737. The number of ether oxygens (including phenoxy) is 5. The number of nitrogens with zero attached hydrogens (tertiary/aromatic N) is 2. The average molecular weight is 508 g/mol. The van der Waals surface area contributed by atoms with Crippen molar-refractivity contribution in [3.05, 3.63) is 0 Å². The summed E-state index contributed by atoms with van der Waals surface area (Å²) >= 11 is -0.367. The van der Waals surface area contributed by atoms with E-state index in [2.05, 4.69) is 9.48 Å². The van der Waals surface area contributed by atoms with E-state index in [9.17, 15) is 19.2 Å². The summed E-state index contributed by atoms with van der Waals surface area (Å²) in [5.41, 5.74) is 0. The second-order valence-electron chi connectivity index (χ2n) is 7.31. The van der Waals surface area contributed by atoms with Gasteiger partial charge in [0, 0.05) is 0 Å². The first kappa shape index (κ1) is 25.1. The Morgan fingerprint density at radius 2 is 1.52 bits per heavy atom. The number of esters is 4. The van der Waals surface area contributed by atoms with Crippen LogP contribution in [0.15, 0.2) is 0 Å². The summed E-state index contributed by atoms with van der Waals surface area (Å²) in [5, 5.41) is -0.675. The number of carbonyl (C=O) groups excluding carboxylic acids is 4. The van der Waals surface area contributed by atoms with Gasteiger partial charge < -0.3 is 0 Å². The molecule has 2 aliphatic rings. The van der Waals surface area contributed by atoms with Gasteiger partial charge in [0.25, 0.3) is 0 Å². The van der Waals surface area contributed by atoms with Gasteiger partial charge in [0.05, 0.1) is 0 Å². The number of likely N-dealkylation sites (N-methyl/N-ethyl adjacent to an activating group) is 2. The van der Waals surface area contributed by atoms with Crippen LogP contribution >= 0.6 is 0 Å². The molecule has 1 saturated heterocycles. The Hall–Kier alpha value is -2.17. The molecule has 0 saturated carbocycles. The molecule has 0 radical (unpaired) electrons. The van der Waals surface area contributed by atoms with Crippen molar-refractivity contribution in [2.75, 3.05) is 33.8 Å². The van der Waals surface area contributed by atoms with Crippen LogP contribution in [0.1, 0.15) is 27.7 Å². The maximum atomic E-state index is 11.9. The van der Waals surface area contributed by atoms with Gasteiger partial charge in [-0.15, -0.1) is 0 Å². The molecular formula is C19H29N2O9Se+. The minimum absolute atomic E-state index is 0.217. The zero-order valence-electron chi connectivity index (χ0n) is 18.5. The molecule has 31 heavy (non-hydrogen) atoms. The second kappa shape index (κ2) is 10.9. The van der Waals surface area contributed by atoms with E-state index in [1.54, 1.807) is 0 Å². The van der Waals surface area contributed by atoms with Crippen molar-refractivity contribution in [3.8, 4) is 0 Å². The standard InChI is InChI=1S/C19H29N2O9Se/c1-10(22)26-9-14-15(27-11(2)23)16(28-12(3)24)17(29-13(4)25)18(30-14)31-19-20(5)7-8-21(19)6/h14-18H,7-9H2,1-6H3/q+1. The molecule has 2 heterocycles. The summed E-state index contributed by atoms with van der Waals surface area (Å²) < 4.78 is 30.7. The Balaban J connectivity index is 2.44. The second-order valence-corrected chi connectivity index (χ2v) is 9.55. The van der Waals surface area contributed by atoms with Gasteiger partial charge in [-0.2, -0.15) is 0 Å². The third kappa shape index (κ3) is 6.91. The first-order valence-corrected chi connectivity index (χ1v) is 11.6. The van der Waals surface area contributed by atoms with E-state index in [0.717, 1.165) is 17.8 Å². The molecule has 2 rings (SSSR count). The SMILES string of the molecule is CC(=O)OCC1OC([Se]C2=[N+](C)CCN2C)C(OC(C)=O)C(OC(C)=O)C1OC(C)=O. The molecule has 2 aliphatic heterocycles. The number of carbonyl (C=O) groups is 4. The third-order valence-corrected chi connectivity index (χ3v) is 7.63. The van der Waals surface area contributed by atoms with Crippen molar-refractivity contribution in [1.29, 1.82) is 0 Å². The zero-order chi connectivity index (χ0) is 23.3. The summed E-state index contributed by atoms with van der Waals surface area (Å²) in [6.07, 6.45) is -4.16. The van der Waals surface area contributed by atoms with E-state index < -0.39 is 53.3 Å². The summed E-state index contributed by atoms with van der Waals surface area (Å²) in [4.78, 5) is 48.9. The molecule has 0 amide bonds. The van der Waals surface area contributed by atoms with Crippen molar-refractivity contribution < 1.29 is 47.4 Å². The van der Waals surface area contributed by atoms with Crippen molar-refractivity contribution >= 4 is 43.6 Å². The molecule has 12 heteroatoms. The van der Waals surface area contributed by atoms with E-state index in [-0.39, 0.29) is 21.6 Å². The molecule has 11 nitrogen and oxygen atoms in total. The van der Waals surface area contributed by atoms with Crippen LogP contribution in [0.5, 0.6) is 0 Å². The molecule has 1 fully saturated rings. The Bertz CT molecular complexity index is 757. The zero-order valence-corrected chi connectivity index (χ0v) is 20.2. The molecule has 0 bridgehead atoms. The predicted octanol–water partition coefficient (Wildman–Crippen LogP) is -1.28. The summed E-state index contributed by atoms with van der Waals surface area (Å²) in [7, 11) is 3.90. The summed E-state index contributed by atoms with van der Waals surface area (Å²) in [5.74, 6) is -2.41. The average Bonchev–Trinajstić information content (AvgIpc) is 2.95. The Morgan fingerprint density at radius 1 is 0.968 bits per heavy atom. The van der Waals surface area contributed by atoms with Gasteiger partial charge in [-0.1, -0.05) is 0 Å². The first-order valence-electron chi connectivity index (χ1n) is 9.76. The minimum atomic E-state index is -1.12. The molecule has 5 unspecified atom stereocenters. The van der Waals surface area contributed by atoms with Gasteiger partial charge in [0.2, 0.25) is 0 Å². The molecule has 0 spiro atoms. The van der Waals surface area contributed by atoms with E-state index in [4.69, 9.17) is 23.7 Å². The first-order chi connectivity index (χ1) is 14.5. The van der Waals surface area contributed by atoms with Crippen molar-refractivity contribution in [1.82, 2.24) is 4.90 Å². The molecule has 5 atom stereocenters. The van der Waals surface area contributed by atoms with Gasteiger partial charge in [0.1, 0.15) is 0 Å². The van der Waals surface area contributed by atoms with Crippen LogP contribution in [0.25, 0.3) is 0 Å². The van der Waals surface area contributed by atoms with Crippen LogP contribution in [0.4, 0.5) is 0 Å². The normalized spacial score (nSPS) is 28.2. The van der Waals surface area contributed by atoms with Gasteiger partial charge in [-0.05, 0) is 0 Å². The van der Waals surface area contributed by atoms with Gasteiger partial charge in [-0.25, -0.2) is 0 Å². The van der Waals surface area contributed by atoms with E-state index in [1.165, 1.54) is 27.7 Å². The number of amidine groups is 1. The van der Waals surface area contributed by atoms with Gasteiger partial charge in [0.15, 0.2) is 0 Å². The fourth-order valence-electron chi connectivity index (χ4n) is 3.35. The monoisotopic (exact) mass is 509 g/mol. The number of hydrogen-bond acceptors (Lipinski definition) is 10. The molecular weight excluding hydrogens is 479 g/mol. The molecule has 174 valence electrons. The summed E-state index contributed by atoms with van der Waals surface area (Å²) in [6.45, 7) is 6.34. The van der Waals surface area contributed by atoms with Crippen LogP contribution in [0.3, 0.4) is 0 Å². The van der Waals surface area contributed by atoms with Crippen LogP contribution < -0.4 is 0 Å². The fourth-order valence-corrected chi connectivity index (χ4v) is 6.06. The Labute approximate surface area is 187 Å². The van der Waals surface area contributed by atoms with E-state index >= 15 is 0 Å². The van der Waals surface area contributed by atoms with Gasteiger partial charge in [-0.3, -0.25) is 0 Å². The van der Waals surface area contributed by atoms with Crippen LogP contribution in [0, 0.1) is 0 Å². The predicted molar refractivity (Wildman–Crippen MR) is 106 cm³/mol. The van der Waals surface area contributed by atoms with E-state index in [1.807, 2.05) is 14.1 Å². The quantitative estimate of drug-likeness (QED) is 0.178. The van der Waals surface area contributed by atoms with Crippen LogP contribution in [-0.2, 0) is 42.9 Å². The number of hydrogen-bond donors (Lipinski definition) is 0. The number of rotatable bonds is 7. The topological polar surface area (TPSA) is 121 Å². The summed E-state index contributed by atoms with van der Waals surface area (Å²) in [6, 6.07) is 0.